The number of amides is 1. The Morgan fingerprint density at radius 3 is 2.62 bits per heavy atom. The molecule has 21 heavy (non-hydrogen) atoms. The molecular weight excluding hydrogens is 336 g/mol. The predicted octanol–water partition coefficient (Wildman–Crippen LogP) is 3.03. The molecule has 0 aliphatic heterocycles. The van der Waals surface area contributed by atoms with Gasteiger partial charge in [-0.1, -0.05) is 18.2 Å². The number of hydrogen-bond acceptors (Lipinski definition) is 3. The summed E-state index contributed by atoms with van der Waals surface area (Å²) in [5.74, 6) is -0.914. The maximum atomic E-state index is 12.0. The van der Waals surface area contributed by atoms with Gasteiger partial charge in [0.05, 0.1) is 17.7 Å². The number of hydrogen-bond donors (Lipinski definition) is 2. The number of rotatable bonds is 4. The van der Waals surface area contributed by atoms with Crippen molar-refractivity contribution in [2.24, 2.45) is 0 Å². The number of aromatic carboxylic acids is 1. The van der Waals surface area contributed by atoms with Crippen LogP contribution in [0.3, 0.4) is 0 Å². The van der Waals surface area contributed by atoms with Crippen LogP contribution in [0.15, 0.2) is 40.9 Å². The number of pyridine rings is 1. The van der Waals surface area contributed by atoms with Crippen LogP contribution in [0.1, 0.15) is 21.6 Å². The summed E-state index contributed by atoms with van der Waals surface area (Å²) < 4.78 is 0.858. The maximum absolute atomic E-state index is 12.0. The Morgan fingerprint density at radius 1 is 1.24 bits per heavy atom. The van der Waals surface area contributed by atoms with Gasteiger partial charge in [-0.05, 0) is 46.6 Å². The number of nitrogens with zero attached hydrogens (tertiary/aromatic N) is 1. The van der Waals surface area contributed by atoms with Gasteiger partial charge in [0, 0.05) is 4.47 Å². The molecule has 0 saturated carbocycles. The molecule has 108 valence electrons. The van der Waals surface area contributed by atoms with Crippen molar-refractivity contribution >= 4 is 33.6 Å². The van der Waals surface area contributed by atoms with Gasteiger partial charge in [0.15, 0.2) is 0 Å². The molecule has 5 nitrogen and oxygen atoms in total. The Morgan fingerprint density at radius 2 is 1.95 bits per heavy atom. The number of carbonyl (C=O) groups excluding carboxylic acids is 1. The van der Waals surface area contributed by atoms with Gasteiger partial charge in [-0.25, -0.2) is 9.78 Å². The van der Waals surface area contributed by atoms with Gasteiger partial charge in [-0.2, -0.15) is 0 Å². The molecule has 1 amide bonds. The molecule has 0 spiro atoms. The summed E-state index contributed by atoms with van der Waals surface area (Å²) in [5.41, 5.74) is 1.36. The summed E-state index contributed by atoms with van der Waals surface area (Å²) in [5, 5.41) is 11.7. The molecule has 0 bridgehead atoms. The number of aromatic nitrogens is 1. The molecule has 1 heterocycles. The molecule has 0 aliphatic carbocycles. The lowest BCUT2D eigenvalue weighted by atomic mass is 10.0. The molecule has 2 aromatic rings. The fourth-order valence-electron chi connectivity index (χ4n) is 1.86. The fourth-order valence-corrected chi connectivity index (χ4v) is 2.08. The summed E-state index contributed by atoms with van der Waals surface area (Å²) in [6.07, 6.45) is -0.0146. The lowest BCUT2D eigenvalue weighted by molar-refractivity contribution is -0.115. The van der Waals surface area contributed by atoms with E-state index in [1.165, 1.54) is 6.07 Å². The van der Waals surface area contributed by atoms with Crippen molar-refractivity contribution in [2.45, 2.75) is 13.3 Å². The Bertz CT molecular complexity index is 701. The van der Waals surface area contributed by atoms with Gasteiger partial charge in [-0.15, -0.1) is 0 Å². The second-order valence-corrected chi connectivity index (χ2v) is 5.31. The highest BCUT2D eigenvalue weighted by atomic mass is 79.9. The minimum absolute atomic E-state index is 0.0146. The van der Waals surface area contributed by atoms with Crippen LogP contribution in [-0.4, -0.2) is 22.0 Å². The zero-order chi connectivity index (χ0) is 15.4. The van der Waals surface area contributed by atoms with Crippen LogP contribution in [0, 0.1) is 6.92 Å². The number of anilines is 1. The first kappa shape index (κ1) is 15.2. The van der Waals surface area contributed by atoms with Gasteiger partial charge in [0.25, 0.3) is 0 Å². The third-order valence-electron chi connectivity index (χ3n) is 2.89. The molecule has 0 fully saturated rings. The minimum atomic E-state index is -1.05. The Balaban J connectivity index is 2.12. The molecule has 0 radical (unpaired) electrons. The molecule has 0 atom stereocenters. The van der Waals surface area contributed by atoms with Crippen molar-refractivity contribution in [3.63, 3.8) is 0 Å². The van der Waals surface area contributed by atoms with Gasteiger partial charge < -0.3 is 10.4 Å². The average molecular weight is 349 g/mol. The van der Waals surface area contributed by atoms with Crippen molar-refractivity contribution in [1.82, 2.24) is 4.98 Å². The van der Waals surface area contributed by atoms with E-state index in [2.05, 4.69) is 26.2 Å². The smallest absolute Gasteiger partial charge is 0.335 e. The molecule has 0 unspecified atom stereocenters. The summed E-state index contributed by atoms with van der Waals surface area (Å²) in [7, 11) is 0. The second kappa shape index (κ2) is 6.49. The number of aryl methyl sites for hydroxylation is 1. The van der Waals surface area contributed by atoms with Gasteiger partial charge in [0.2, 0.25) is 5.91 Å². The van der Waals surface area contributed by atoms with Crippen molar-refractivity contribution in [3.05, 3.63) is 57.7 Å². The quantitative estimate of drug-likeness (QED) is 0.889. The third-order valence-corrected chi connectivity index (χ3v) is 3.73. The van der Waals surface area contributed by atoms with E-state index in [0.717, 1.165) is 10.2 Å². The zero-order valence-corrected chi connectivity index (χ0v) is 12.8. The SMILES string of the molecule is Cc1nc(NC(=O)Cc2ccccc2C(=O)O)ccc1Br. The molecular formula is C15H13BrN2O3. The third kappa shape index (κ3) is 3.88. The van der Waals surface area contributed by atoms with E-state index in [4.69, 9.17) is 5.11 Å². The van der Waals surface area contributed by atoms with E-state index in [9.17, 15) is 9.59 Å². The number of carboxylic acids is 1. The lowest BCUT2D eigenvalue weighted by Crippen LogP contribution is -2.17. The molecule has 6 heteroatoms. The van der Waals surface area contributed by atoms with Gasteiger partial charge in [-0.3, -0.25) is 4.79 Å². The topological polar surface area (TPSA) is 79.3 Å². The van der Waals surface area contributed by atoms with E-state index in [-0.39, 0.29) is 17.9 Å². The van der Waals surface area contributed by atoms with Crippen molar-refractivity contribution < 1.29 is 14.7 Å². The van der Waals surface area contributed by atoms with E-state index < -0.39 is 5.97 Å². The highest BCUT2D eigenvalue weighted by Gasteiger charge is 2.13. The molecule has 2 rings (SSSR count). The van der Waals surface area contributed by atoms with Crippen molar-refractivity contribution in [1.29, 1.82) is 0 Å². The normalized spacial score (nSPS) is 10.2. The van der Waals surface area contributed by atoms with Crippen LogP contribution < -0.4 is 5.32 Å². The summed E-state index contributed by atoms with van der Waals surface area (Å²) >= 11 is 3.33. The number of benzene rings is 1. The van der Waals surface area contributed by atoms with Crippen LogP contribution in [0.4, 0.5) is 5.82 Å². The molecule has 0 saturated heterocycles. The first-order chi connectivity index (χ1) is 9.97. The Hall–Kier alpha value is -2.21. The standard InChI is InChI=1S/C15H13BrN2O3/c1-9-12(16)6-7-13(17-9)18-14(19)8-10-4-2-3-5-11(10)15(20)21/h2-7H,8H2,1H3,(H,20,21)(H,17,18,19). The maximum Gasteiger partial charge on any atom is 0.335 e. The molecule has 2 N–H and O–H groups in total. The van der Waals surface area contributed by atoms with Crippen LogP contribution >= 0.6 is 15.9 Å². The van der Waals surface area contributed by atoms with Crippen LogP contribution in [0.5, 0.6) is 0 Å². The van der Waals surface area contributed by atoms with Crippen LogP contribution in [-0.2, 0) is 11.2 Å². The van der Waals surface area contributed by atoms with Gasteiger partial charge >= 0.3 is 5.97 Å². The Labute approximate surface area is 130 Å². The minimum Gasteiger partial charge on any atom is -0.478 e. The number of carbonyl (C=O) groups is 2. The summed E-state index contributed by atoms with van der Waals surface area (Å²) in [4.78, 5) is 27.3. The largest absolute Gasteiger partial charge is 0.478 e. The van der Waals surface area contributed by atoms with E-state index in [1.54, 1.807) is 30.3 Å². The van der Waals surface area contributed by atoms with Crippen LogP contribution in [0.25, 0.3) is 0 Å². The number of halogens is 1. The van der Waals surface area contributed by atoms with E-state index in [1.807, 2.05) is 6.92 Å². The number of nitrogens with one attached hydrogen (secondary N) is 1. The van der Waals surface area contributed by atoms with Gasteiger partial charge in [0.1, 0.15) is 5.82 Å². The van der Waals surface area contributed by atoms with E-state index >= 15 is 0 Å². The van der Waals surface area contributed by atoms with E-state index in [0.29, 0.717) is 11.4 Å². The average Bonchev–Trinajstić information content (AvgIpc) is 2.43. The summed E-state index contributed by atoms with van der Waals surface area (Å²) in [6, 6.07) is 9.92. The Kier molecular flexibility index (Phi) is 4.70. The predicted molar refractivity (Wildman–Crippen MR) is 82.4 cm³/mol. The molecule has 1 aromatic heterocycles. The highest BCUT2D eigenvalue weighted by Crippen LogP contribution is 2.17. The zero-order valence-electron chi connectivity index (χ0n) is 11.3. The van der Waals surface area contributed by atoms with Crippen molar-refractivity contribution in [2.75, 3.05) is 5.32 Å². The molecule has 0 aliphatic rings. The summed E-state index contributed by atoms with van der Waals surface area (Å²) in [6.45, 7) is 1.82. The lowest BCUT2D eigenvalue weighted by Gasteiger charge is -2.08. The fraction of sp³-hybridized carbons (Fsp3) is 0.133. The van der Waals surface area contributed by atoms with Crippen LogP contribution in [0.2, 0.25) is 0 Å². The molecule has 1 aromatic carbocycles. The first-order valence-corrected chi connectivity index (χ1v) is 7.01. The second-order valence-electron chi connectivity index (χ2n) is 4.45. The number of carboxylic acid groups (broad SMARTS) is 1. The monoisotopic (exact) mass is 348 g/mol. The van der Waals surface area contributed by atoms with Crippen molar-refractivity contribution in [3.8, 4) is 0 Å². The highest BCUT2D eigenvalue weighted by molar-refractivity contribution is 9.10. The first-order valence-electron chi connectivity index (χ1n) is 6.21.